The zero-order chi connectivity index (χ0) is 10.6. The van der Waals surface area contributed by atoms with Gasteiger partial charge in [0.15, 0.2) is 0 Å². The summed E-state index contributed by atoms with van der Waals surface area (Å²) >= 11 is 3.22. The first-order valence-electron chi connectivity index (χ1n) is 3.84. The van der Waals surface area contributed by atoms with E-state index in [2.05, 4.69) is 21.2 Å². The number of benzene rings is 1. The van der Waals surface area contributed by atoms with Crippen molar-refractivity contribution in [1.29, 1.82) is 5.26 Å². The molecule has 5 heteroatoms. The minimum atomic E-state index is -0.306. The molecule has 0 aliphatic rings. The lowest BCUT2D eigenvalue weighted by Gasteiger charge is -2.03. The number of halogens is 1. The largest absolute Gasteiger partial charge is 0.399 e. The van der Waals surface area contributed by atoms with E-state index in [0.29, 0.717) is 11.3 Å². The molecular weight excluding hydrogens is 246 g/mol. The third-order valence-electron chi connectivity index (χ3n) is 1.51. The van der Waals surface area contributed by atoms with Gasteiger partial charge in [-0.2, -0.15) is 5.26 Å². The maximum atomic E-state index is 11.4. The van der Waals surface area contributed by atoms with Crippen LogP contribution >= 0.6 is 15.9 Å². The Balaban J connectivity index is 2.85. The third kappa shape index (κ3) is 2.75. The Morgan fingerprint density at radius 1 is 1.57 bits per heavy atom. The van der Waals surface area contributed by atoms with Crippen LogP contribution in [0.15, 0.2) is 22.7 Å². The zero-order valence-electron chi connectivity index (χ0n) is 7.25. The second kappa shape index (κ2) is 4.63. The molecule has 3 N–H and O–H groups in total. The molecule has 14 heavy (non-hydrogen) atoms. The van der Waals surface area contributed by atoms with Crippen molar-refractivity contribution >= 4 is 27.5 Å². The van der Waals surface area contributed by atoms with Crippen molar-refractivity contribution < 1.29 is 4.79 Å². The Morgan fingerprint density at radius 3 is 2.86 bits per heavy atom. The Kier molecular flexibility index (Phi) is 3.48. The van der Waals surface area contributed by atoms with E-state index in [1.807, 2.05) is 6.07 Å². The number of amides is 1. The van der Waals surface area contributed by atoms with Gasteiger partial charge in [0.1, 0.15) is 6.54 Å². The molecule has 1 aromatic carbocycles. The maximum absolute atomic E-state index is 11.4. The number of nitriles is 1. The monoisotopic (exact) mass is 253 g/mol. The van der Waals surface area contributed by atoms with Crippen molar-refractivity contribution in [3.05, 3.63) is 28.2 Å². The van der Waals surface area contributed by atoms with Gasteiger partial charge in [0.2, 0.25) is 0 Å². The molecule has 0 aromatic heterocycles. The molecule has 0 unspecified atom stereocenters. The lowest BCUT2D eigenvalue weighted by molar-refractivity contribution is 0.0958. The van der Waals surface area contributed by atoms with Crippen LogP contribution in [0.2, 0.25) is 0 Å². The summed E-state index contributed by atoms with van der Waals surface area (Å²) in [5.74, 6) is -0.306. The van der Waals surface area contributed by atoms with Crippen LogP contribution in [-0.2, 0) is 0 Å². The van der Waals surface area contributed by atoms with Gasteiger partial charge < -0.3 is 11.1 Å². The number of hydrogen-bond donors (Lipinski definition) is 2. The fourth-order valence-electron chi connectivity index (χ4n) is 0.965. The SMILES string of the molecule is N#CCNC(=O)c1cc(N)cc(Br)c1. The van der Waals surface area contributed by atoms with Gasteiger partial charge in [-0.25, -0.2) is 0 Å². The van der Waals surface area contributed by atoms with Gasteiger partial charge in [-0.15, -0.1) is 0 Å². The van der Waals surface area contributed by atoms with E-state index >= 15 is 0 Å². The van der Waals surface area contributed by atoms with Gasteiger partial charge in [-0.1, -0.05) is 15.9 Å². The van der Waals surface area contributed by atoms with E-state index in [1.165, 1.54) is 0 Å². The molecule has 0 aliphatic heterocycles. The highest BCUT2D eigenvalue weighted by Crippen LogP contribution is 2.16. The van der Waals surface area contributed by atoms with Crippen LogP contribution in [0.25, 0.3) is 0 Å². The molecule has 72 valence electrons. The Hall–Kier alpha value is -1.54. The van der Waals surface area contributed by atoms with Crippen LogP contribution in [0.5, 0.6) is 0 Å². The Morgan fingerprint density at radius 2 is 2.29 bits per heavy atom. The molecule has 0 spiro atoms. The van der Waals surface area contributed by atoms with Crippen molar-refractivity contribution in [2.24, 2.45) is 0 Å². The summed E-state index contributed by atoms with van der Waals surface area (Å²) in [6.45, 7) is -0.00868. The summed E-state index contributed by atoms with van der Waals surface area (Å²) in [6, 6.07) is 6.71. The van der Waals surface area contributed by atoms with Crippen LogP contribution in [0.3, 0.4) is 0 Å². The number of nitrogens with two attached hydrogens (primary N) is 1. The normalized spacial score (nSPS) is 9.14. The van der Waals surface area contributed by atoms with Crippen molar-refractivity contribution in [1.82, 2.24) is 5.32 Å². The van der Waals surface area contributed by atoms with Crippen molar-refractivity contribution in [2.45, 2.75) is 0 Å². The summed E-state index contributed by atoms with van der Waals surface area (Å²) in [4.78, 5) is 11.4. The summed E-state index contributed by atoms with van der Waals surface area (Å²) < 4.78 is 0.736. The standard InChI is InChI=1S/C9H8BrN3O/c10-7-3-6(4-8(12)5-7)9(14)13-2-1-11/h3-5H,2,12H2,(H,13,14). The second-order valence-corrected chi connectivity index (χ2v) is 3.53. The Bertz CT molecular complexity index is 377. The molecule has 0 fully saturated rings. The molecule has 0 atom stereocenters. The highest BCUT2D eigenvalue weighted by atomic mass is 79.9. The van der Waals surface area contributed by atoms with E-state index < -0.39 is 0 Å². The average molecular weight is 254 g/mol. The number of rotatable bonds is 2. The van der Waals surface area contributed by atoms with Gasteiger partial charge in [0, 0.05) is 15.7 Å². The van der Waals surface area contributed by atoms with Crippen LogP contribution in [0, 0.1) is 11.3 Å². The van der Waals surface area contributed by atoms with E-state index in [4.69, 9.17) is 11.0 Å². The molecule has 0 heterocycles. The molecule has 4 nitrogen and oxygen atoms in total. The average Bonchev–Trinajstić information content (AvgIpc) is 2.12. The molecule has 1 amide bonds. The van der Waals surface area contributed by atoms with E-state index in [1.54, 1.807) is 18.2 Å². The Labute approximate surface area is 89.8 Å². The van der Waals surface area contributed by atoms with Gasteiger partial charge in [0.25, 0.3) is 5.91 Å². The molecule has 0 aliphatic carbocycles. The van der Waals surface area contributed by atoms with Crippen molar-refractivity contribution in [2.75, 3.05) is 12.3 Å². The highest BCUT2D eigenvalue weighted by Gasteiger charge is 2.05. The zero-order valence-corrected chi connectivity index (χ0v) is 8.84. The summed E-state index contributed by atoms with van der Waals surface area (Å²) in [7, 11) is 0. The number of nitrogens with zero attached hydrogens (tertiary/aromatic N) is 1. The van der Waals surface area contributed by atoms with E-state index in [-0.39, 0.29) is 12.5 Å². The summed E-state index contributed by atoms with van der Waals surface area (Å²) in [5.41, 5.74) is 6.49. The van der Waals surface area contributed by atoms with Gasteiger partial charge in [-0.05, 0) is 18.2 Å². The summed E-state index contributed by atoms with van der Waals surface area (Å²) in [6.07, 6.45) is 0. The van der Waals surface area contributed by atoms with Gasteiger partial charge in [0.05, 0.1) is 6.07 Å². The lowest BCUT2D eigenvalue weighted by Crippen LogP contribution is -2.23. The molecule has 0 saturated heterocycles. The minimum absolute atomic E-state index is 0.00868. The highest BCUT2D eigenvalue weighted by molar-refractivity contribution is 9.10. The quantitative estimate of drug-likeness (QED) is 0.616. The van der Waals surface area contributed by atoms with Gasteiger partial charge >= 0.3 is 0 Å². The van der Waals surface area contributed by atoms with E-state index in [0.717, 1.165) is 4.47 Å². The fraction of sp³-hybridized carbons (Fsp3) is 0.111. The molecule has 1 aromatic rings. The first-order chi connectivity index (χ1) is 6.63. The smallest absolute Gasteiger partial charge is 0.252 e. The molecule has 0 radical (unpaired) electrons. The number of carbonyl (C=O) groups excluding carboxylic acids is 1. The lowest BCUT2D eigenvalue weighted by atomic mass is 10.2. The first-order valence-corrected chi connectivity index (χ1v) is 4.64. The predicted octanol–water partition coefficient (Wildman–Crippen LogP) is 1.28. The number of nitrogen functional groups attached to an aromatic ring is 1. The summed E-state index contributed by atoms with van der Waals surface area (Å²) in [5, 5.41) is 10.7. The second-order valence-electron chi connectivity index (χ2n) is 2.61. The molecular formula is C9H8BrN3O. The number of carbonyl (C=O) groups is 1. The third-order valence-corrected chi connectivity index (χ3v) is 1.97. The maximum Gasteiger partial charge on any atom is 0.252 e. The topological polar surface area (TPSA) is 78.9 Å². The molecule has 0 saturated carbocycles. The number of hydrogen-bond acceptors (Lipinski definition) is 3. The van der Waals surface area contributed by atoms with E-state index in [9.17, 15) is 4.79 Å². The van der Waals surface area contributed by atoms with Crippen molar-refractivity contribution in [3.8, 4) is 6.07 Å². The predicted molar refractivity (Wildman–Crippen MR) is 56.5 cm³/mol. The van der Waals surface area contributed by atoms with Crippen LogP contribution < -0.4 is 11.1 Å². The molecule has 1 rings (SSSR count). The first kappa shape index (κ1) is 10.5. The van der Waals surface area contributed by atoms with Crippen LogP contribution in [0.1, 0.15) is 10.4 Å². The van der Waals surface area contributed by atoms with Crippen LogP contribution in [0.4, 0.5) is 5.69 Å². The van der Waals surface area contributed by atoms with Gasteiger partial charge in [-0.3, -0.25) is 4.79 Å². The number of nitrogens with one attached hydrogen (secondary N) is 1. The van der Waals surface area contributed by atoms with Crippen molar-refractivity contribution in [3.63, 3.8) is 0 Å². The van der Waals surface area contributed by atoms with Crippen LogP contribution in [-0.4, -0.2) is 12.5 Å². The minimum Gasteiger partial charge on any atom is -0.399 e. The number of anilines is 1. The fourth-order valence-corrected chi connectivity index (χ4v) is 1.48. The molecule has 0 bridgehead atoms.